The summed E-state index contributed by atoms with van der Waals surface area (Å²) in [6.07, 6.45) is 1.26. The van der Waals surface area contributed by atoms with E-state index < -0.39 is 23.4 Å². The molecular weight excluding hydrogens is 452 g/mol. The van der Waals surface area contributed by atoms with E-state index in [1.807, 2.05) is 0 Å². The number of anilines is 2. The molecule has 6 nitrogen and oxygen atoms in total. The molecule has 2 amide bonds. The van der Waals surface area contributed by atoms with Gasteiger partial charge in [0.25, 0.3) is 11.8 Å². The van der Waals surface area contributed by atoms with Crippen LogP contribution in [0.25, 0.3) is 6.08 Å². The van der Waals surface area contributed by atoms with E-state index in [-0.39, 0.29) is 17.9 Å². The Hall–Kier alpha value is -4.22. The van der Waals surface area contributed by atoms with Crippen LogP contribution in [0.1, 0.15) is 5.56 Å². The van der Waals surface area contributed by atoms with Crippen molar-refractivity contribution >= 4 is 40.9 Å². The van der Waals surface area contributed by atoms with Gasteiger partial charge in [-0.05, 0) is 72.8 Å². The number of nitrogens with one attached hydrogen (secondary N) is 2. The molecule has 0 radical (unpaired) electrons. The quantitative estimate of drug-likeness (QED) is 0.370. The minimum absolute atomic E-state index is 0.205. The molecule has 0 saturated heterocycles. The number of halogens is 3. The number of hydrogen-bond acceptors (Lipinski definition) is 4. The molecular formula is C24H16ClF2N3O3. The third-order valence-electron chi connectivity index (χ3n) is 4.23. The molecule has 3 aromatic rings. The van der Waals surface area contributed by atoms with Crippen LogP contribution in [-0.4, -0.2) is 18.4 Å². The number of carbonyl (C=O) groups is 2. The maximum Gasteiger partial charge on any atom is 0.266 e. The molecule has 9 heteroatoms. The summed E-state index contributed by atoms with van der Waals surface area (Å²) in [6, 6.07) is 16.6. The average molecular weight is 468 g/mol. The van der Waals surface area contributed by atoms with Crippen molar-refractivity contribution in [2.24, 2.45) is 0 Å². The van der Waals surface area contributed by atoms with Gasteiger partial charge >= 0.3 is 0 Å². The number of amides is 2. The highest BCUT2D eigenvalue weighted by molar-refractivity contribution is 6.30. The molecule has 0 heterocycles. The van der Waals surface area contributed by atoms with E-state index in [1.165, 1.54) is 72.8 Å². The molecule has 0 aliphatic rings. The molecule has 0 aliphatic heterocycles. The first-order valence-corrected chi connectivity index (χ1v) is 9.88. The molecule has 3 rings (SSSR count). The van der Waals surface area contributed by atoms with Crippen LogP contribution in [0.2, 0.25) is 5.02 Å². The van der Waals surface area contributed by atoms with Crippen molar-refractivity contribution in [1.29, 1.82) is 5.26 Å². The van der Waals surface area contributed by atoms with E-state index >= 15 is 0 Å². The fourth-order valence-corrected chi connectivity index (χ4v) is 2.85. The summed E-state index contributed by atoms with van der Waals surface area (Å²) in [5.74, 6) is -1.91. The zero-order chi connectivity index (χ0) is 23.8. The van der Waals surface area contributed by atoms with Crippen LogP contribution in [0, 0.1) is 23.0 Å². The number of nitrogens with zero attached hydrogens (tertiary/aromatic N) is 1. The molecule has 33 heavy (non-hydrogen) atoms. The zero-order valence-corrected chi connectivity index (χ0v) is 17.7. The SMILES string of the molecule is N#CC(=Cc1cc(Cl)ccc1OCC(=O)Nc1ccc(F)cc1)C(=O)Nc1ccc(F)cc1. The standard InChI is InChI=1S/C24H16ClF2N3O3/c25-17-1-10-22(33-14-23(31)29-20-6-2-18(26)3-7-20)15(12-17)11-16(13-28)24(32)30-21-8-4-19(27)5-9-21/h1-12H,14H2,(H,29,31)(H,30,32). The first-order valence-electron chi connectivity index (χ1n) is 9.50. The number of benzene rings is 3. The topological polar surface area (TPSA) is 91.2 Å². The molecule has 0 fully saturated rings. The Kier molecular flexibility index (Phi) is 7.73. The maximum atomic E-state index is 13.0. The predicted octanol–water partition coefficient (Wildman–Crippen LogP) is 5.18. The fraction of sp³-hybridized carbons (Fsp3) is 0.0417. The van der Waals surface area contributed by atoms with Gasteiger partial charge in [-0.25, -0.2) is 8.78 Å². The van der Waals surface area contributed by atoms with E-state index in [9.17, 15) is 23.6 Å². The minimum atomic E-state index is -0.718. The Morgan fingerprint density at radius 1 is 0.939 bits per heavy atom. The number of rotatable bonds is 7. The second kappa shape index (κ2) is 10.9. The lowest BCUT2D eigenvalue weighted by atomic mass is 10.1. The lowest BCUT2D eigenvalue weighted by molar-refractivity contribution is -0.118. The summed E-state index contributed by atoms with van der Waals surface area (Å²) in [5.41, 5.74) is 0.734. The van der Waals surface area contributed by atoms with Crippen molar-refractivity contribution in [3.8, 4) is 11.8 Å². The highest BCUT2D eigenvalue weighted by Gasteiger charge is 2.13. The van der Waals surface area contributed by atoms with Crippen molar-refractivity contribution in [3.05, 3.63) is 94.5 Å². The Morgan fingerprint density at radius 3 is 2.09 bits per heavy atom. The monoisotopic (exact) mass is 467 g/mol. The lowest BCUT2D eigenvalue weighted by Gasteiger charge is -2.11. The highest BCUT2D eigenvalue weighted by Crippen LogP contribution is 2.26. The van der Waals surface area contributed by atoms with Crippen LogP contribution in [0.15, 0.2) is 72.3 Å². The second-order valence-electron chi connectivity index (χ2n) is 6.66. The van der Waals surface area contributed by atoms with E-state index in [4.69, 9.17) is 16.3 Å². The largest absolute Gasteiger partial charge is 0.483 e. The summed E-state index contributed by atoms with van der Waals surface area (Å²) >= 11 is 6.04. The zero-order valence-electron chi connectivity index (χ0n) is 16.9. The Morgan fingerprint density at radius 2 is 1.52 bits per heavy atom. The van der Waals surface area contributed by atoms with Crippen molar-refractivity contribution < 1.29 is 23.1 Å². The van der Waals surface area contributed by atoms with Crippen molar-refractivity contribution in [3.63, 3.8) is 0 Å². The first-order chi connectivity index (χ1) is 15.8. The van der Waals surface area contributed by atoms with E-state index in [2.05, 4.69) is 10.6 Å². The van der Waals surface area contributed by atoms with Crippen LogP contribution in [-0.2, 0) is 9.59 Å². The van der Waals surface area contributed by atoms with Gasteiger partial charge in [0.15, 0.2) is 6.61 Å². The van der Waals surface area contributed by atoms with Crippen molar-refractivity contribution in [2.45, 2.75) is 0 Å². The Bertz CT molecular complexity index is 1240. The molecule has 0 unspecified atom stereocenters. The third kappa shape index (κ3) is 6.89. The van der Waals surface area contributed by atoms with Gasteiger partial charge in [-0.3, -0.25) is 9.59 Å². The molecule has 0 spiro atoms. The van der Waals surface area contributed by atoms with Gasteiger partial charge in [-0.2, -0.15) is 5.26 Å². The van der Waals surface area contributed by atoms with E-state index in [0.29, 0.717) is 22.0 Å². The summed E-state index contributed by atoms with van der Waals surface area (Å²) in [5, 5.41) is 14.8. The first kappa shape index (κ1) is 23.4. The molecule has 0 atom stereocenters. The molecule has 0 aromatic heterocycles. The van der Waals surface area contributed by atoms with Crippen LogP contribution >= 0.6 is 11.6 Å². The van der Waals surface area contributed by atoms with Gasteiger partial charge in [-0.1, -0.05) is 11.6 Å². The summed E-state index contributed by atoms with van der Waals surface area (Å²) < 4.78 is 31.6. The number of ether oxygens (including phenoxy) is 1. The van der Waals surface area contributed by atoms with E-state index in [0.717, 1.165) is 0 Å². The van der Waals surface area contributed by atoms with Gasteiger partial charge in [-0.15, -0.1) is 0 Å². The van der Waals surface area contributed by atoms with E-state index in [1.54, 1.807) is 6.07 Å². The molecule has 3 aromatic carbocycles. The number of carbonyl (C=O) groups excluding carboxylic acids is 2. The highest BCUT2D eigenvalue weighted by atomic mass is 35.5. The Balaban J connectivity index is 1.73. The maximum absolute atomic E-state index is 13.0. The van der Waals surface area contributed by atoms with Crippen molar-refractivity contribution in [2.75, 3.05) is 17.2 Å². The van der Waals surface area contributed by atoms with Gasteiger partial charge in [0.1, 0.15) is 29.0 Å². The number of hydrogen-bond donors (Lipinski definition) is 2. The molecule has 0 saturated carbocycles. The summed E-state index contributed by atoms with van der Waals surface area (Å²) in [6.45, 7) is -0.385. The molecule has 166 valence electrons. The molecule has 2 N–H and O–H groups in total. The van der Waals surface area contributed by atoms with Crippen LogP contribution in [0.5, 0.6) is 5.75 Å². The predicted molar refractivity (Wildman–Crippen MR) is 121 cm³/mol. The van der Waals surface area contributed by atoms with Crippen LogP contribution in [0.3, 0.4) is 0 Å². The van der Waals surface area contributed by atoms with Gasteiger partial charge < -0.3 is 15.4 Å². The van der Waals surface area contributed by atoms with Gasteiger partial charge in [0.2, 0.25) is 0 Å². The number of nitriles is 1. The molecule has 0 aliphatic carbocycles. The summed E-state index contributed by atoms with van der Waals surface area (Å²) in [7, 11) is 0. The lowest BCUT2D eigenvalue weighted by Crippen LogP contribution is -2.20. The van der Waals surface area contributed by atoms with Crippen molar-refractivity contribution in [1.82, 2.24) is 0 Å². The minimum Gasteiger partial charge on any atom is -0.483 e. The third-order valence-corrected chi connectivity index (χ3v) is 4.46. The Labute approximate surface area is 193 Å². The average Bonchev–Trinajstić information content (AvgIpc) is 2.79. The van der Waals surface area contributed by atoms with Crippen LogP contribution in [0.4, 0.5) is 20.2 Å². The second-order valence-corrected chi connectivity index (χ2v) is 7.09. The summed E-state index contributed by atoms with van der Waals surface area (Å²) in [4.78, 5) is 24.6. The smallest absolute Gasteiger partial charge is 0.266 e. The molecule has 0 bridgehead atoms. The normalized spacial score (nSPS) is 10.8. The van der Waals surface area contributed by atoms with Gasteiger partial charge in [0.05, 0.1) is 0 Å². The van der Waals surface area contributed by atoms with Crippen LogP contribution < -0.4 is 15.4 Å². The van der Waals surface area contributed by atoms with Gasteiger partial charge in [0, 0.05) is 22.0 Å². The fourth-order valence-electron chi connectivity index (χ4n) is 2.67.